The Bertz CT molecular complexity index is 395. The van der Waals surface area contributed by atoms with Gasteiger partial charge in [0.2, 0.25) is 5.91 Å². The molecule has 0 aromatic heterocycles. The predicted molar refractivity (Wildman–Crippen MR) is 80.3 cm³/mol. The van der Waals surface area contributed by atoms with E-state index in [4.69, 9.17) is 10.5 Å². The molecule has 1 aromatic rings. The molecule has 0 saturated heterocycles. The lowest BCUT2D eigenvalue weighted by Crippen LogP contribution is -2.43. The monoisotopic (exact) mass is 279 g/mol. The number of carbonyl (C=O) groups excluding carboxylic acids is 1. The third kappa shape index (κ3) is 5.28. The molecule has 1 aromatic carbocycles. The first-order chi connectivity index (χ1) is 9.56. The smallest absolute Gasteiger partial charge is 0.234 e. The Labute approximate surface area is 121 Å². The van der Waals surface area contributed by atoms with Gasteiger partial charge in [-0.25, -0.2) is 0 Å². The van der Waals surface area contributed by atoms with Gasteiger partial charge in [0.05, 0.1) is 13.2 Å². The van der Waals surface area contributed by atoms with Crippen LogP contribution in [0.3, 0.4) is 0 Å². The molecule has 0 fully saturated rings. The maximum Gasteiger partial charge on any atom is 0.234 e. The number of hydrogen-bond acceptors (Lipinski definition) is 4. The van der Waals surface area contributed by atoms with Gasteiger partial charge in [0.15, 0.2) is 0 Å². The summed E-state index contributed by atoms with van der Waals surface area (Å²) in [5.41, 5.74) is 7.19. The van der Waals surface area contributed by atoms with Crippen molar-refractivity contribution in [2.24, 2.45) is 5.73 Å². The van der Waals surface area contributed by atoms with Crippen molar-refractivity contribution in [3.63, 3.8) is 0 Å². The van der Waals surface area contributed by atoms with Crippen LogP contribution < -0.4 is 11.1 Å². The minimum Gasteiger partial charge on any atom is -0.383 e. The van der Waals surface area contributed by atoms with E-state index < -0.39 is 0 Å². The van der Waals surface area contributed by atoms with Crippen LogP contribution in [0, 0.1) is 0 Å². The molecule has 20 heavy (non-hydrogen) atoms. The zero-order valence-corrected chi connectivity index (χ0v) is 12.5. The summed E-state index contributed by atoms with van der Waals surface area (Å²) in [6, 6.07) is 9.97. The zero-order chi connectivity index (χ0) is 15.0. The molecule has 0 radical (unpaired) electrons. The molecule has 0 heterocycles. The van der Waals surface area contributed by atoms with E-state index in [0.717, 1.165) is 5.56 Å². The standard InChI is InChI=1S/C15H25N3O2/c1-12(16)15(13-7-5-4-6-8-13)18(2)11-14(19)17-9-10-20-3/h4-8,12,15H,9-11,16H2,1-3H3,(H,17,19). The highest BCUT2D eigenvalue weighted by molar-refractivity contribution is 5.78. The fourth-order valence-electron chi connectivity index (χ4n) is 2.28. The number of carbonyl (C=O) groups is 1. The SMILES string of the molecule is COCCNC(=O)CN(C)C(c1ccccc1)C(C)N. The minimum absolute atomic E-state index is 0.0179. The van der Waals surface area contributed by atoms with E-state index in [1.165, 1.54) is 0 Å². The van der Waals surface area contributed by atoms with Gasteiger partial charge < -0.3 is 15.8 Å². The highest BCUT2D eigenvalue weighted by Crippen LogP contribution is 2.21. The molecule has 0 spiro atoms. The van der Waals surface area contributed by atoms with E-state index in [1.54, 1.807) is 7.11 Å². The normalized spacial score (nSPS) is 14.1. The first-order valence-electron chi connectivity index (χ1n) is 6.82. The van der Waals surface area contributed by atoms with Crippen molar-refractivity contribution in [3.05, 3.63) is 35.9 Å². The summed E-state index contributed by atoms with van der Waals surface area (Å²) < 4.78 is 4.90. The summed E-state index contributed by atoms with van der Waals surface area (Å²) >= 11 is 0. The molecule has 5 nitrogen and oxygen atoms in total. The third-order valence-electron chi connectivity index (χ3n) is 3.14. The van der Waals surface area contributed by atoms with Crippen LogP contribution in [0.2, 0.25) is 0 Å². The second-order valence-electron chi connectivity index (χ2n) is 4.97. The van der Waals surface area contributed by atoms with Crippen LogP contribution in [0.25, 0.3) is 0 Å². The Morgan fingerprint density at radius 1 is 1.40 bits per heavy atom. The Kier molecular flexibility index (Phi) is 7.22. The van der Waals surface area contributed by atoms with Crippen LogP contribution in [0.4, 0.5) is 0 Å². The first-order valence-corrected chi connectivity index (χ1v) is 6.82. The maximum atomic E-state index is 11.8. The number of ether oxygens (including phenoxy) is 1. The average Bonchev–Trinajstić information content (AvgIpc) is 2.39. The minimum atomic E-state index is -0.0609. The van der Waals surface area contributed by atoms with Gasteiger partial charge in [0.25, 0.3) is 0 Å². The van der Waals surface area contributed by atoms with Crippen molar-refractivity contribution < 1.29 is 9.53 Å². The van der Waals surface area contributed by atoms with E-state index in [2.05, 4.69) is 5.32 Å². The largest absolute Gasteiger partial charge is 0.383 e. The van der Waals surface area contributed by atoms with E-state index in [-0.39, 0.29) is 18.0 Å². The highest BCUT2D eigenvalue weighted by Gasteiger charge is 2.22. The van der Waals surface area contributed by atoms with E-state index in [9.17, 15) is 4.79 Å². The Hall–Kier alpha value is -1.43. The Morgan fingerprint density at radius 2 is 2.05 bits per heavy atom. The van der Waals surface area contributed by atoms with Gasteiger partial charge in [-0.3, -0.25) is 9.69 Å². The van der Waals surface area contributed by atoms with Gasteiger partial charge in [-0.05, 0) is 19.5 Å². The molecule has 0 aliphatic heterocycles. The third-order valence-corrected chi connectivity index (χ3v) is 3.14. The second-order valence-corrected chi connectivity index (χ2v) is 4.97. The van der Waals surface area contributed by atoms with Crippen LogP contribution in [-0.2, 0) is 9.53 Å². The molecule has 0 aliphatic carbocycles. The molecular formula is C15H25N3O2. The van der Waals surface area contributed by atoms with Crippen molar-refractivity contribution in [1.29, 1.82) is 0 Å². The number of likely N-dealkylation sites (N-methyl/N-ethyl adjacent to an activating group) is 1. The fourth-order valence-corrected chi connectivity index (χ4v) is 2.28. The summed E-state index contributed by atoms with van der Waals surface area (Å²) in [6.07, 6.45) is 0. The molecule has 0 saturated carbocycles. The lowest BCUT2D eigenvalue weighted by molar-refractivity contribution is -0.122. The van der Waals surface area contributed by atoms with E-state index in [0.29, 0.717) is 19.7 Å². The number of amides is 1. The van der Waals surface area contributed by atoms with Crippen molar-refractivity contribution in [1.82, 2.24) is 10.2 Å². The molecule has 2 unspecified atom stereocenters. The van der Waals surface area contributed by atoms with Crippen LogP contribution in [0.5, 0.6) is 0 Å². The molecule has 112 valence electrons. The summed E-state index contributed by atoms with van der Waals surface area (Å²) in [5, 5.41) is 2.81. The predicted octanol–water partition coefficient (Wildman–Crippen LogP) is 0.769. The van der Waals surface area contributed by atoms with Crippen molar-refractivity contribution in [2.75, 3.05) is 33.9 Å². The van der Waals surface area contributed by atoms with Crippen LogP contribution in [0.15, 0.2) is 30.3 Å². The summed E-state index contributed by atoms with van der Waals surface area (Å²) in [6.45, 7) is 3.31. The number of rotatable bonds is 8. The van der Waals surface area contributed by atoms with Crippen LogP contribution in [-0.4, -0.2) is 50.7 Å². The average molecular weight is 279 g/mol. The van der Waals surface area contributed by atoms with Crippen molar-refractivity contribution >= 4 is 5.91 Å². The topological polar surface area (TPSA) is 67.6 Å². The molecule has 0 bridgehead atoms. The molecule has 3 N–H and O–H groups in total. The van der Waals surface area contributed by atoms with Crippen LogP contribution >= 0.6 is 0 Å². The van der Waals surface area contributed by atoms with Gasteiger partial charge in [0, 0.05) is 25.7 Å². The number of nitrogens with zero attached hydrogens (tertiary/aromatic N) is 1. The maximum absolute atomic E-state index is 11.8. The van der Waals surface area contributed by atoms with Gasteiger partial charge >= 0.3 is 0 Å². The number of hydrogen-bond donors (Lipinski definition) is 2. The number of nitrogens with two attached hydrogens (primary N) is 1. The van der Waals surface area contributed by atoms with Crippen LogP contribution in [0.1, 0.15) is 18.5 Å². The number of nitrogens with one attached hydrogen (secondary N) is 1. The molecule has 0 aliphatic rings. The number of methoxy groups -OCH3 is 1. The summed E-state index contributed by atoms with van der Waals surface area (Å²) in [7, 11) is 3.52. The van der Waals surface area contributed by atoms with Crippen molar-refractivity contribution in [3.8, 4) is 0 Å². The van der Waals surface area contributed by atoms with Gasteiger partial charge in [-0.2, -0.15) is 0 Å². The van der Waals surface area contributed by atoms with E-state index in [1.807, 2.05) is 49.2 Å². The zero-order valence-electron chi connectivity index (χ0n) is 12.5. The molecule has 1 rings (SSSR count). The lowest BCUT2D eigenvalue weighted by atomic mass is 10.00. The lowest BCUT2D eigenvalue weighted by Gasteiger charge is -2.31. The summed E-state index contributed by atoms with van der Waals surface area (Å²) in [5.74, 6) is -0.0221. The van der Waals surface area contributed by atoms with Gasteiger partial charge in [0.1, 0.15) is 0 Å². The Balaban J connectivity index is 2.61. The van der Waals surface area contributed by atoms with Gasteiger partial charge in [-0.15, -0.1) is 0 Å². The number of benzene rings is 1. The quantitative estimate of drug-likeness (QED) is 0.690. The van der Waals surface area contributed by atoms with Crippen molar-refractivity contribution in [2.45, 2.75) is 19.0 Å². The molecule has 2 atom stereocenters. The molecular weight excluding hydrogens is 254 g/mol. The molecule has 5 heteroatoms. The Morgan fingerprint density at radius 3 is 2.60 bits per heavy atom. The molecule has 1 amide bonds. The highest BCUT2D eigenvalue weighted by atomic mass is 16.5. The summed E-state index contributed by atoms with van der Waals surface area (Å²) in [4.78, 5) is 13.8. The first kappa shape index (κ1) is 16.6. The fraction of sp³-hybridized carbons (Fsp3) is 0.533. The second kappa shape index (κ2) is 8.68. The van der Waals surface area contributed by atoms with E-state index >= 15 is 0 Å². The van der Waals surface area contributed by atoms with Gasteiger partial charge in [-0.1, -0.05) is 30.3 Å².